The third-order valence-electron chi connectivity index (χ3n) is 3.06. The fourth-order valence-electron chi connectivity index (χ4n) is 2.11. The van der Waals surface area contributed by atoms with Crippen molar-refractivity contribution < 1.29 is 0 Å². The predicted molar refractivity (Wildman–Crippen MR) is 79.4 cm³/mol. The zero-order chi connectivity index (χ0) is 13.1. The van der Waals surface area contributed by atoms with Crippen LogP contribution in [0.4, 0.5) is 0 Å². The third kappa shape index (κ3) is 2.79. The molecule has 2 nitrogen and oxygen atoms in total. The van der Waals surface area contributed by atoms with Gasteiger partial charge in [-0.1, -0.05) is 23.8 Å². The van der Waals surface area contributed by atoms with E-state index in [1.165, 1.54) is 26.6 Å². The second-order valence-corrected chi connectivity index (χ2v) is 5.78. The minimum Gasteiger partial charge on any atom is -0.319 e. The first-order valence-corrected chi connectivity index (χ1v) is 7.12. The molecule has 0 amide bonds. The van der Waals surface area contributed by atoms with E-state index in [0.29, 0.717) is 0 Å². The van der Waals surface area contributed by atoms with Gasteiger partial charge < -0.3 is 5.32 Å². The van der Waals surface area contributed by atoms with Crippen LogP contribution in [0.25, 0.3) is 10.4 Å². The van der Waals surface area contributed by atoms with Gasteiger partial charge in [-0.25, -0.2) is 4.98 Å². The van der Waals surface area contributed by atoms with Crippen LogP contribution in [-0.2, 0) is 6.42 Å². The highest BCUT2D eigenvalue weighted by Crippen LogP contribution is 2.32. The lowest BCUT2D eigenvalue weighted by molar-refractivity contribution is 0.786. The summed E-state index contributed by atoms with van der Waals surface area (Å²) in [6, 6.07) is 6.63. The molecule has 0 radical (unpaired) electrons. The highest BCUT2D eigenvalue weighted by atomic mass is 32.1. The summed E-state index contributed by atoms with van der Waals surface area (Å²) in [5, 5.41) is 4.39. The van der Waals surface area contributed by atoms with Crippen LogP contribution in [0.5, 0.6) is 0 Å². The first-order valence-electron chi connectivity index (χ1n) is 6.30. The smallest absolute Gasteiger partial charge is 0.0947 e. The van der Waals surface area contributed by atoms with Crippen molar-refractivity contribution in [2.24, 2.45) is 0 Å². The molecule has 1 aromatic carbocycles. The number of benzene rings is 1. The van der Waals surface area contributed by atoms with Gasteiger partial charge in [-0.2, -0.15) is 0 Å². The van der Waals surface area contributed by atoms with Crippen molar-refractivity contribution in [3.05, 3.63) is 40.0 Å². The summed E-state index contributed by atoms with van der Waals surface area (Å²) in [6.07, 6.45) is 1.01. The Balaban J connectivity index is 2.35. The van der Waals surface area contributed by atoms with E-state index in [2.05, 4.69) is 49.3 Å². The molecule has 0 atom stereocenters. The maximum absolute atomic E-state index is 4.67. The molecule has 0 spiro atoms. The van der Waals surface area contributed by atoms with Crippen molar-refractivity contribution in [1.82, 2.24) is 10.3 Å². The summed E-state index contributed by atoms with van der Waals surface area (Å²) in [6.45, 7) is 7.40. The first kappa shape index (κ1) is 13.2. The summed E-state index contributed by atoms with van der Waals surface area (Å²) in [5.41, 5.74) is 5.13. The van der Waals surface area contributed by atoms with Crippen molar-refractivity contribution in [3.63, 3.8) is 0 Å². The molecule has 0 aliphatic carbocycles. The van der Waals surface area contributed by atoms with Crippen LogP contribution in [-0.4, -0.2) is 18.6 Å². The summed E-state index contributed by atoms with van der Waals surface area (Å²) < 4.78 is 0. The van der Waals surface area contributed by atoms with Crippen molar-refractivity contribution >= 4 is 11.3 Å². The van der Waals surface area contributed by atoms with Crippen molar-refractivity contribution in [3.8, 4) is 10.4 Å². The molecular formula is C15H20N2S. The zero-order valence-electron chi connectivity index (χ0n) is 11.5. The molecule has 0 unspecified atom stereocenters. The molecule has 0 aliphatic rings. The van der Waals surface area contributed by atoms with Crippen LogP contribution in [0.1, 0.15) is 21.8 Å². The molecular weight excluding hydrogens is 240 g/mol. The molecule has 1 aromatic heterocycles. The van der Waals surface area contributed by atoms with Crippen molar-refractivity contribution in [2.45, 2.75) is 27.2 Å². The van der Waals surface area contributed by atoms with Crippen molar-refractivity contribution in [2.75, 3.05) is 13.6 Å². The fraction of sp³-hybridized carbons (Fsp3) is 0.400. The SMILES string of the molecule is CNCCc1nc(C)c(-c2ccc(C)cc2C)s1. The van der Waals surface area contributed by atoms with Gasteiger partial charge in [-0.15, -0.1) is 11.3 Å². The van der Waals surface area contributed by atoms with Crippen LogP contribution in [0.3, 0.4) is 0 Å². The van der Waals surface area contributed by atoms with E-state index >= 15 is 0 Å². The summed E-state index contributed by atoms with van der Waals surface area (Å²) in [5.74, 6) is 0. The summed E-state index contributed by atoms with van der Waals surface area (Å²) in [4.78, 5) is 5.98. The Kier molecular flexibility index (Phi) is 4.15. The zero-order valence-corrected chi connectivity index (χ0v) is 12.3. The van der Waals surface area contributed by atoms with Gasteiger partial charge >= 0.3 is 0 Å². The highest BCUT2D eigenvalue weighted by Gasteiger charge is 2.11. The number of rotatable bonds is 4. The fourth-order valence-corrected chi connectivity index (χ4v) is 3.26. The van der Waals surface area contributed by atoms with E-state index in [1.807, 2.05) is 18.4 Å². The van der Waals surface area contributed by atoms with Gasteiger partial charge in [0, 0.05) is 13.0 Å². The van der Waals surface area contributed by atoms with E-state index < -0.39 is 0 Å². The van der Waals surface area contributed by atoms with E-state index in [9.17, 15) is 0 Å². The first-order chi connectivity index (χ1) is 8.61. The molecule has 0 aliphatic heterocycles. The average Bonchev–Trinajstić information content (AvgIpc) is 2.68. The molecule has 96 valence electrons. The number of thiazole rings is 1. The molecule has 2 aromatic rings. The predicted octanol–water partition coefficient (Wildman–Crippen LogP) is 3.50. The topological polar surface area (TPSA) is 24.9 Å². The van der Waals surface area contributed by atoms with Crippen LogP contribution in [0.2, 0.25) is 0 Å². The molecule has 1 N–H and O–H groups in total. The molecule has 0 saturated carbocycles. The monoisotopic (exact) mass is 260 g/mol. The second kappa shape index (κ2) is 5.63. The number of nitrogens with zero attached hydrogens (tertiary/aromatic N) is 1. The van der Waals surface area contributed by atoms with Crippen LogP contribution in [0.15, 0.2) is 18.2 Å². The largest absolute Gasteiger partial charge is 0.319 e. The number of aryl methyl sites for hydroxylation is 3. The number of aromatic nitrogens is 1. The van der Waals surface area contributed by atoms with Crippen LogP contribution in [0, 0.1) is 20.8 Å². The Hall–Kier alpha value is -1.19. The average molecular weight is 260 g/mol. The second-order valence-electron chi connectivity index (χ2n) is 4.69. The van der Waals surface area contributed by atoms with Gasteiger partial charge in [0.2, 0.25) is 0 Å². The number of likely N-dealkylation sites (N-methyl/N-ethyl adjacent to an activating group) is 1. The van der Waals surface area contributed by atoms with E-state index in [4.69, 9.17) is 0 Å². The Morgan fingerprint density at radius 1 is 1.22 bits per heavy atom. The normalized spacial score (nSPS) is 10.9. The van der Waals surface area contributed by atoms with Crippen LogP contribution >= 0.6 is 11.3 Å². The standard InChI is InChI=1S/C15H20N2S/c1-10-5-6-13(11(2)9-10)15-12(3)17-14(18-15)7-8-16-4/h5-6,9,16H,7-8H2,1-4H3. The Morgan fingerprint density at radius 3 is 2.67 bits per heavy atom. The maximum Gasteiger partial charge on any atom is 0.0947 e. The van der Waals surface area contributed by atoms with Gasteiger partial charge in [0.25, 0.3) is 0 Å². The molecule has 1 heterocycles. The minimum atomic E-state index is 0.985. The lowest BCUT2D eigenvalue weighted by atomic mass is 10.0. The molecule has 2 rings (SSSR count). The summed E-state index contributed by atoms with van der Waals surface area (Å²) in [7, 11) is 1.98. The van der Waals surface area contributed by atoms with Gasteiger partial charge in [0.05, 0.1) is 15.6 Å². The van der Waals surface area contributed by atoms with E-state index in [-0.39, 0.29) is 0 Å². The maximum atomic E-state index is 4.67. The third-order valence-corrected chi connectivity index (χ3v) is 4.31. The lowest BCUT2D eigenvalue weighted by Crippen LogP contribution is -2.09. The van der Waals surface area contributed by atoms with E-state index in [0.717, 1.165) is 18.7 Å². The molecule has 0 fully saturated rings. The molecule has 3 heteroatoms. The highest BCUT2D eigenvalue weighted by molar-refractivity contribution is 7.15. The summed E-state index contributed by atoms with van der Waals surface area (Å²) >= 11 is 1.82. The van der Waals surface area contributed by atoms with Gasteiger partial charge in [0.1, 0.15) is 0 Å². The van der Waals surface area contributed by atoms with Gasteiger partial charge in [0.15, 0.2) is 0 Å². The molecule has 0 saturated heterocycles. The minimum absolute atomic E-state index is 0.985. The number of nitrogens with one attached hydrogen (secondary N) is 1. The molecule has 0 bridgehead atoms. The molecule has 18 heavy (non-hydrogen) atoms. The van der Waals surface area contributed by atoms with Crippen LogP contribution < -0.4 is 5.32 Å². The Labute approximate surface area is 113 Å². The van der Waals surface area contributed by atoms with Crippen molar-refractivity contribution in [1.29, 1.82) is 0 Å². The Bertz CT molecular complexity index is 543. The number of hydrogen-bond donors (Lipinski definition) is 1. The Morgan fingerprint density at radius 2 is 2.00 bits per heavy atom. The van der Waals surface area contributed by atoms with E-state index in [1.54, 1.807) is 0 Å². The van der Waals surface area contributed by atoms with Gasteiger partial charge in [-0.05, 0) is 38.9 Å². The quantitative estimate of drug-likeness (QED) is 0.910. The van der Waals surface area contributed by atoms with Gasteiger partial charge in [-0.3, -0.25) is 0 Å². The number of hydrogen-bond acceptors (Lipinski definition) is 3. The lowest BCUT2D eigenvalue weighted by Gasteiger charge is -2.05.